The molecule has 3 aromatic rings. The van der Waals surface area contributed by atoms with Gasteiger partial charge in [-0.1, -0.05) is 11.6 Å². The van der Waals surface area contributed by atoms with E-state index in [-0.39, 0.29) is 0 Å². The van der Waals surface area contributed by atoms with Crippen LogP contribution in [0.2, 0.25) is 5.02 Å². The number of anilines is 1. The Morgan fingerprint density at radius 1 is 1.35 bits per heavy atom. The van der Waals surface area contributed by atoms with E-state index < -0.39 is 0 Å². The summed E-state index contributed by atoms with van der Waals surface area (Å²) in [7, 11) is 2.00. The number of halogens is 1. The normalized spacial score (nSPS) is 11.2. The standard InChI is InChI=1S/C12H11ClN4/c1-17-6-9(10-5-12(14)16-15-10)8-4-7(13)2-3-11(8)17/h2-6H,1H3,(H3,14,15,16). The van der Waals surface area contributed by atoms with Crippen LogP contribution in [0.3, 0.4) is 0 Å². The molecule has 0 saturated carbocycles. The summed E-state index contributed by atoms with van der Waals surface area (Å²) in [4.78, 5) is 0. The molecule has 0 saturated heterocycles. The summed E-state index contributed by atoms with van der Waals surface area (Å²) in [5, 5.41) is 8.66. The first-order valence-corrected chi connectivity index (χ1v) is 5.59. The zero-order valence-electron chi connectivity index (χ0n) is 9.24. The molecular weight excluding hydrogens is 236 g/mol. The van der Waals surface area contributed by atoms with Crippen molar-refractivity contribution in [3.8, 4) is 11.3 Å². The van der Waals surface area contributed by atoms with Gasteiger partial charge in [0, 0.05) is 40.8 Å². The highest BCUT2D eigenvalue weighted by Gasteiger charge is 2.10. The predicted octanol–water partition coefficient (Wildman–Crippen LogP) is 2.80. The van der Waals surface area contributed by atoms with E-state index in [0.29, 0.717) is 5.82 Å². The van der Waals surface area contributed by atoms with Crippen LogP contribution in [-0.2, 0) is 7.05 Å². The van der Waals surface area contributed by atoms with E-state index in [1.807, 2.05) is 37.5 Å². The molecule has 0 radical (unpaired) electrons. The minimum absolute atomic E-state index is 0.485. The Bertz CT molecular complexity index is 696. The number of aromatic nitrogens is 3. The maximum Gasteiger partial charge on any atom is 0.145 e. The number of rotatable bonds is 1. The molecule has 0 atom stereocenters. The van der Waals surface area contributed by atoms with Gasteiger partial charge in [0.05, 0.1) is 5.69 Å². The Balaban J connectivity index is 2.33. The monoisotopic (exact) mass is 246 g/mol. The van der Waals surface area contributed by atoms with E-state index in [4.69, 9.17) is 17.3 Å². The predicted molar refractivity (Wildman–Crippen MR) is 69.9 cm³/mol. The number of hydrogen-bond donors (Lipinski definition) is 2. The summed E-state index contributed by atoms with van der Waals surface area (Å²) in [6.07, 6.45) is 2.04. The Labute approximate surface area is 103 Å². The molecule has 3 N–H and O–H groups in total. The summed E-state index contributed by atoms with van der Waals surface area (Å²) >= 11 is 6.03. The quantitative estimate of drug-likeness (QED) is 0.694. The molecule has 5 heteroatoms. The van der Waals surface area contributed by atoms with Gasteiger partial charge in [0.15, 0.2) is 0 Å². The van der Waals surface area contributed by atoms with Crippen LogP contribution < -0.4 is 5.73 Å². The molecule has 0 fully saturated rings. The van der Waals surface area contributed by atoms with Crippen LogP contribution in [0, 0.1) is 0 Å². The number of hydrogen-bond acceptors (Lipinski definition) is 2. The third-order valence-electron chi connectivity index (χ3n) is 2.84. The average molecular weight is 247 g/mol. The third kappa shape index (κ3) is 1.57. The maximum atomic E-state index is 6.03. The van der Waals surface area contributed by atoms with E-state index in [2.05, 4.69) is 14.8 Å². The van der Waals surface area contributed by atoms with Crippen molar-refractivity contribution in [3.63, 3.8) is 0 Å². The maximum absolute atomic E-state index is 6.03. The van der Waals surface area contributed by atoms with Gasteiger partial charge < -0.3 is 10.3 Å². The Hall–Kier alpha value is -1.94. The highest BCUT2D eigenvalue weighted by atomic mass is 35.5. The molecule has 0 aliphatic heterocycles. The van der Waals surface area contributed by atoms with Gasteiger partial charge in [0.2, 0.25) is 0 Å². The lowest BCUT2D eigenvalue weighted by Crippen LogP contribution is -1.82. The SMILES string of the molecule is Cn1cc(-c2cc(N)n[nH]2)c2cc(Cl)ccc21. The largest absolute Gasteiger partial charge is 0.382 e. The summed E-state index contributed by atoms with van der Waals surface area (Å²) in [5.74, 6) is 0.485. The molecule has 0 amide bonds. The fraction of sp³-hybridized carbons (Fsp3) is 0.0833. The second-order valence-corrected chi connectivity index (χ2v) is 4.46. The first-order chi connectivity index (χ1) is 8.15. The summed E-state index contributed by atoms with van der Waals surface area (Å²) in [5.41, 5.74) is 8.69. The van der Waals surface area contributed by atoms with Crippen LogP contribution in [0.4, 0.5) is 5.82 Å². The fourth-order valence-electron chi connectivity index (χ4n) is 2.05. The van der Waals surface area contributed by atoms with Gasteiger partial charge in [-0.2, -0.15) is 5.10 Å². The lowest BCUT2D eigenvalue weighted by molar-refractivity contribution is 0.969. The molecule has 0 spiro atoms. The number of aromatic amines is 1. The van der Waals surface area contributed by atoms with Gasteiger partial charge in [-0.05, 0) is 18.2 Å². The van der Waals surface area contributed by atoms with Crippen LogP contribution in [0.1, 0.15) is 0 Å². The molecule has 86 valence electrons. The Kier molecular flexibility index (Phi) is 2.12. The van der Waals surface area contributed by atoms with E-state index in [1.165, 1.54) is 0 Å². The zero-order valence-corrected chi connectivity index (χ0v) is 9.99. The minimum atomic E-state index is 0.485. The highest BCUT2D eigenvalue weighted by Crippen LogP contribution is 2.31. The zero-order chi connectivity index (χ0) is 12.0. The van der Waals surface area contributed by atoms with Crippen LogP contribution in [0.25, 0.3) is 22.2 Å². The summed E-state index contributed by atoms with van der Waals surface area (Å²) < 4.78 is 2.05. The van der Waals surface area contributed by atoms with E-state index in [1.54, 1.807) is 0 Å². The number of fused-ring (bicyclic) bond motifs is 1. The van der Waals surface area contributed by atoms with E-state index >= 15 is 0 Å². The highest BCUT2D eigenvalue weighted by molar-refractivity contribution is 6.31. The number of nitrogens with two attached hydrogens (primary N) is 1. The van der Waals surface area contributed by atoms with Crippen molar-refractivity contribution in [2.75, 3.05) is 5.73 Å². The molecule has 2 aromatic heterocycles. The van der Waals surface area contributed by atoms with Gasteiger partial charge in [0.25, 0.3) is 0 Å². The second-order valence-electron chi connectivity index (χ2n) is 4.02. The molecule has 0 aliphatic carbocycles. The molecule has 2 heterocycles. The van der Waals surface area contributed by atoms with E-state index in [9.17, 15) is 0 Å². The van der Waals surface area contributed by atoms with Crippen molar-refractivity contribution < 1.29 is 0 Å². The number of H-pyrrole nitrogens is 1. The number of nitrogens with one attached hydrogen (secondary N) is 1. The lowest BCUT2D eigenvalue weighted by Gasteiger charge is -1.96. The van der Waals surface area contributed by atoms with Crippen molar-refractivity contribution in [1.82, 2.24) is 14.8 Å². The number of aryl methyl sites for hydroxylation is 1. The molecular formula is C12H11ClN4. The number of benzene rings is 1. The topological polar surface area (TPSA) is 59.6 Å². The van der Waals surface area contributed by atoms with Crippen molar-refractivity contribution in [3.05, 3.63) is 35.5 Å². The second kappa shape index (κ2) is 3.53. The van der Waals surface area contributed by atoms with Crippen LogP contribution >= 0.6 is 11.6 Å². The van der Waals surface area contributed by atoms with E-state index in [0.717, 1.165) is 27.2 Å². The van der Waals surface area contributed by atoms with Crippen LogP contribution in [0.5, 0.6) is 0 Å². The van der Waals surface area contributed by atoms with Crippen LogP contribution in [0.15, 0.2) is 30.5 Å². The molecule has 3 rings (SSSR count). The van der Waals surface area contributed by atoms with Crippen molar-refractivity contribution >= 4 is 28.3 Å². The van der Waals surface area contributed by atoms with Gasteiger partial charge in [0.1, 0.15) is 5.82 Å². The number of nitrogens with zero attached hydrogens (tertiary/aromatic N) is 2. The molecule has 17 heavy (non-hydrogen) atoms. The smallest absolute Gasteiger partial charge is 0.145 e. The summed E-state index contributed by atoms with van der Waals surface area (Å²) in [6, 6.07) is 7.65. The first-order valence-electron chi connectivity index (χ1n) is 5.21. The molecule has 4 nitrogen and oxygen atoms in total. The molecule has 0 aliphatic rings. The molecule has 0 unspecified atom stereocenters. The van der Waals surface area contributed by atoms with Crippen LogP contribution in [-0.4, -0.2) is 14.8 Å². The minimum Gasteiger partial charge on any atom is -0.382 e. The van der Waals surface area contributed by atoms with Crippen molar-refractivity contribution in [1.29, 1.82) is 0 Å². The van der Waals surface area contributed by atoms with Gasteiger partial charge >= 0.3 is 0 Å². The molecule has 1 aromatic carbocycles. The lowest BCUT2D eigenvalue weighted by atomic mass is 10.1. The first kappa shape index (κ1) is 10.2. The Morgan fingerprint density at radius 3 is 2.88 bits per heavy atom. The molecule has 0 bridgehead atoms. The Morgan fingerprint density at radius 2 is 2.18 bits per heavy atom. The number of nitrogen functional groups attached to an aromatic ring is 1. The van der Waals surface area contributed by atoms with Gasteiger partial charge in [-0.15, -0.1) is 0 Å². The van der Waals surface area contributed by atoms with Gasteiger partial charge in [-0.25, -0.2) is 0 Å². The fourth-order valence-corrected chi connectivity index (χ4v) is 2.23. The third-order valence-corrected chi connectivity index (χ3v) is 3.07. The summed E-state index contributed by atoms with van der Waals surface area (Å²) in [6.45, 7) is 0. The van der Waals surface area contributed by atoms with Gasteiger partial charge in [-0.3, -0.25) is 5.10 Å². The van der Waals surface area contributed by atoms with Crippen molar-refractivity contribution in [2.45, 2.75) is 0 Å². The average Bonchev–Trinajstić information content (AvgIpc) is 2.83. The van der Waals surface area contributed by atoms with Crippen molar-refractivity contribution in [2.24, 2.45) is 7.05 Å².